The molecule has 5 heteroatoms. The zero-order chi connectivity index (χ0) is 13.9. The molecule has 1 fully saturated rings. The molecule has 104 valence electrons. The van der Waals surface area contributed by atoms with Crippen LogP contribution in [0.25, 0.3) is 0 Å². The van der Waals surface area contributed by atoms with Crippen LogP contribution in [-0.2, 0) is 10.3 Å². The Hall–Kier alpha value is -1.10. The highest BCUT2D eigenvalue weighted by atomic mass is 35.5. The lowest BCUT2D eigenvalue weighted by molar-refractivity contribution is -0.132. The molecule has 1 aliphatic heterocycles. The van der Waals surface area contributed by atoms with Crippen molar-refractivity contribution < 1.29 is 4.79 Å². The largest absolute Gasteiger partial charge is 0.368 e. The Morgan fingerprint density at radius 3 is 2.68 bits per heavy atom. The summed E-state index contributed by atoms with van der Waals surface area (Å²) in [5.74, 6) is -0.306. The molecule has 0 aromatic heterocycles. The van der Waals surface area contributed by atoms with Gasteiger partial charge in [0.25, 0.3) is 0 Å². The minimum absolute atomic E-state index is 0.306. The van der Waals surface area contributed by atoms with Crippen LogP contribution in [0.5, 0.6) is 0 Å². The van der Waals surface area contributed by atoms with E-state index >= 15 is 0 Å². The highest BCUT2D eigenvalue weighted by Gasteiger charge is 2.43. The van der Waals surface area contributed by atoms with Gasteiger partial charge in [0.1, 0.15) is 5.54 Å². The van der Waals surface area contributed by atoms with Crippen molar-refractivity contribution in [2.45, 2.75) is 18.9 Å². The second kappa shape index (κ2) is 5.90. The molecule has 3 N–H and O–H groups in total. The normalized spacial score (nSPS) is 19.9. The maximum Gasteiger partial charge on any atom is 0.242 e. The monoisotopic (exact) mass is 281 g/mol. The summed E-state index contributed by atoms with van der Waals surface area (Å²) >= 11 is 6.07. The molecule has 0 bridgehead atoms. The Bertz CT molecular complexity index is 460. The van der Waals surface area contributed by atoms with E-state index in [2.05, 4.69) is 10.2 Å². The molecule has 1 aromatic carbocycles. The lowest BCUT2D eigenvalue weighted by Crippen LogP contribution is -2.59. The first kappa shape index (κ1) is 14.3. The van der Waals surface area contributed by atoms with Crippen LogP contribution >= 0.6 is 11.6 Å². The van der Waals surface area contributed by atoms with Gasteiger partial charge in [-0.15, -0.1) is 0 Å². The van der Waals surface area contributed by atoms with Crippen LogP contribution in [0, 0.1) is 0 Å². The fraction of sp³-hybridized carbons (Fsp3) is 0.500. The zero-order valence-corrected chi connectivity index (χ0v) is 11.9. The SMILES string of the molecule is CCC(C(N)=O)(c1cccc(Cl)c1)N1CCNCC1. The maximum absolute atomic E-state index is 12.2. The second-order valence-corrected chi connectivity index (χ2v) is 5.26. The molecule has 1 heterocycles. The third kappa shape index (κ3) is 2.61. The number of rotatable bonds is 4. The molecular weight excluding hydrogens is 262 g/mol. The van der Waals surface area contributed by atoms with Gasteiger partial charge in [0.2, 0.25) is 5.91 Å². The molecule has 0 saturated carbocycles. The second-order valence-electron chi connectivity index (χ2n) is 4.83. The first-order valence-corrected chi connectivity index (χ1v) is 7.00. The van der Waals surface area contributed by atoms with Gasteiger partial charge in [-0.05, 0) is 24.1 Å². The third-order valence-electron chi connectivity index (χ3n) is 3.88. The summed E-state index contributed by atoms with van der Waals surface area (Å²) in [6, 6.07) is 7.46. The van der Waals surface area contributed by atoms with E-state index < -0.39 is 5.54 Å². The highest BCUT2D eigenvalue weighted by Crippen LogP contribution is 2.33. The number of nitrogens with zero attached hydrogens (tertiary/aromatic N) is 1. The summed E-state index contributed by atoms with van der Waals surface area (Å²) < 4.78 is 0. The molecule has 0 spiro atoms. The summed E-state index contributed by atoms with van der Waals surface area (Å²) in [6.07, 6.45) is 0.642. The van der Waals surface area contributed by atoms with Crippen LogP contribution < -0.4 is 11.1 Å². The molecule has 1 aromatic rings. The Labute approximate surface area is 118 Å². The number of primary amides is 1. The molecule has 2 rings (SSSR count). The average molecular weight is 282 g/mol. The number of amides is 1. The highest BCUT2D eigenvalue weighted by molar-refractivity contribution is 6.30. The standard InChI is InChI=1S/C14H20ClN3O/c1-2-14(13(16)19,18-8-6-17-7-9-18)11-4-3-5-12(15)10-11/h3-5,10,17H,2,6-9H2,1H3,(H2,16,19). The van der Waals surface area contributed by atoms with Gasteiger partial charge >= 0.3 is 0 Å². The predicted molar refractivity (Wildman–Crippen MR) is 77.1 cm³/mol. The summed E-state index contributed by atoms with van der Waals surface area (Å²) in [6.45, 7) is 5.35. The summed E-state index contributed by atoms with van der Waals surface area (Å²) in [7, 11) is 0. The molecule has 19 heavy (non-hydrogen) atoms. The molecule has 1 saturated heterocycles. The van der Waals surface area contributed by atoms with Gasteiger partial charge < -0.3 is 11.1 Å². The van der Waals surface area contributed by atoms with Crippen molar-refractivity contribution in [3.8, 4) is 0 Å². The van der Waals surface area contributed by atoms with Crippen LogP contribution in [0.3, 0.4) is 0 Å². The van der Waals surface area contributed by atoms with Gasteiger partial charge in [0.05, 0.1) is 0 Å². The lowest BCUT2D eigenvalue weighted by atomic mass is 9.84. The van der Waals surface area contributed by atoms with Gasteiger partial charge in [-0.25, -0.2) is 0 Å². The smallest absolute Gasteiger partial charge is 0.242 e. The molecule has 1 atom stereocenters. The van der Waals surface area contributed by atoms with Crippen molar-refractivity contribution in [1.29, 1.82) is 0 Å². The lowest BCUT2D eigenvalue weighted by Gasteiger charge is -2.43. The third-order valence-corrected chi connectivity index (χ3v) is 4.11. The Balaban J connectivity index is 2.46. The van der Waals surface area contributed by atoms with Gasteiger partial charge in [-0.1, -0.05) is 30.7 Å². The van der Waals surface area contributed by atoms with E-state index in [9.17, 15) is 4.79 Å². The molecular formula is C14H20ClN3O. The fourth-order valence-electron chi connectivity index (χ4n) is 2.87. The van der Waals surface area contributed by atoms with Gasteiger partial charge in [0, 0.05) is 31.2 Å². The van der Waals surface area contributed by atoms with Crippen molar-refractivity contribution in [2.75, 3.05) is 26.2 Å². The molecule has 0 aliphatic carbocycles. The topological polar surface area (TPSA) is 58.4 Å². The van der Waals surface area contributed by atoms with Crippen molar-refractivity contribution in [2.24, 2.45) is 5.73 Å². The van der Waals surface area contributed by atoms with Gasteiger partial charge in [0.15, 0.2) is 0 Å². The van der Waals surface area contributed by atoms with Crippen LogP contribution in [-0.4, -0.2) is 37.0 Å². The fourth-order valence-corrected chi connectivity index (χ4v) is 3.07. The van der Waals surface area contributed by atoms with E-state index in [1.54, 1.807) is 0 Å². The Morgan fingerprint density at radius 1 is 1.47 bits per heavy atom. The van der Waals surface area contributed by atoms with E-state index in [0.717, 1.165) is 31.7 Å². The molecule has 1 unspecified atom stereocenters. The quantitative estimate of drug-likeness (QED) is 0.876. The van der Waals surface area contributed by atoms with Crippen molar-refractivity contribution >= 4 is 17.5 Å². The van der Waals surface area contributed by atoms with Crippen molar-refractivity contribution in [3.05, 3.63) is 34.9 Å². The van der Waals surface area contributed by atoms with E-state index in [1.165, 1.54) is 0 Å². The van der Waals surface area contributed by atoms with E-state index in [0.29, 0.717) is 11.4 Å². The minimum Gasteiger partial charge on any atom is -0.368 e. The Kier molecular flexibility index (Phi) is 4.45. The molecule has 0 radical (unpaired) electrons. The number of hydrogen-bond acceptors (Lipinski definition) is 3. The number of nitrogens with one attached hydrogen (secondary N) is 1. The molecule has 1 amide bonds. The Morgan fingerprint density at radius 2 is 2.16 bits per heavy atom. The van der Waals surface area contributed by atoms with Crippen LogP contribution in [0.15, 0.2) is 24.3 Å². The predicted octanol–water partition coefficient (Wildman–Crippen LogP) is 1.34. The van der Waals surface area contributed by atoms with Crippen LogP contribution in [0.1, 0.15) is 18.9 Å². The number of halogens is 1. The van der Waals surface area contributed by atoms with Crippen molar-refractivity contribution in [1.82, 2.24) is 10.2 Å². The van der Waals surface area contributed by atoms with Gasteiger partial charge in [-0.2, -0.15) is 0 Å². The number of piperazine rings is 1. The maximum atomic E-state index is 12.2. The number of carbonyl (C=O) groups is 1. The number of benzene rings is 1. The molecule has 1 aliphatic rings. The first-order valence-electron chi connectivity index (χ1n) is 6.63. The number of nitrogens with two attached hydrogens (primary N) is 1. The summed E-state index contributed by atoms with van der Waals surface area (Å²) in [5.41, 5.74) is 5.88. The number of carbonyl (C=O) groups excluding carboxylic acids is 1. The van der Waals surface area contributed by atoms with E-state index in [1.807, 2.05) is 31.2 Å². The minimum atomic E-state index is -0.757. The average Bonchev–Trinajstić information content (AvgIpc) is 2.41. The first-order chi connectivity index (χ1) is 9.11. The van der Waals surface area contributed by atoms with E-state index in [4.69, 9.17) is 17.3 Å². The molecule has 4 nitrogen and oxygen atoms in total. The van der Waals surface area contributed by atoms with Crippen molar-refractivity contribution in [3.63, 3.8) is 0 Å². The zero-order valence-electron chi connectivity index (χ0n) is 11.2. The van der Waals surface area contributed by atoms with Gasteiger partial charge in [-0.3, -0.25) is 9.69 Å². The summed E-state index contributed by atoms with van der Waals surface area (Å²) in [5, 5.41) is 3.92. The number of hydrogen-bond donors (Lipinski definition) is 2. The van der Waals surface area contributed by atoms with Crippen LogP contribution in [0.2, 0.25) is 5.02 Å². The van der Waals surface area contributed by atoms with Crippen LogP contribution in [0.4, 0.5) is 0 Å². The van der Waals surface area contributed by atoms with E-state index in [-0.39, 0.29) is 5.91 Å². The summed E-state index contributed by atoms with van der Waals surface area (Å²) in [4.78, 5) is 14.3.